The van der Waals surface area contributed by atoms with Crippen LogP contribution in [0.3, 0.4) is 0 Å². The highest BCUT2D eigenvalue weighted by Crippen LogP contribution is 2.30. The number of sulfonamides is 1. The van der Waals surface area contributed by atoms with E-state index >= 15 is 0 Å². The molecule has 3 rings (SSSR count). The molecule has 0 aliphatic carbocycles. The molecule has 0 spiro atoms. The monoisotopic (exact) mass is 617 g/mol. The van der Waals surface area contributed by atoms with Gasteiger partial charge in [-0.3, -0.25) is 13.9 Å². The van der Waals surface area contributed by atoms with Gasteiger partial charge in [-0.25, -0.2) is 8.42 Å². The fourth-order valence-electron chi connectivity index (χ4n) is 4.54. The van der Waals surface area contributed by atoms with Crippen molar-refractivity contribution < 1.29 is 18.0 Å². The highest BCUT2D eigenvalue weighted by Gasteiger charge is 2.35. The molecular weight excluding hydrogens is 581 g/mol. The summed E-state index contributed by atoms with van der Waals surface area (Å²) in [6.45, 7) is 10.4. The molecule has 2 amide bonds. The van der Waals surface area contributed by atoms with Crippen molar-refractivity contribution in [2.45, 2.75) is 71.0 Å². The van der Waals surface area contributed by atoms with Crippen LogP contribution in [0.4, 0.5) is 5.69 Å². The van der Waals surface area contributed by atoms with E-state index in [1.165, 1.54) is 17.0 Å². The van der Waals surface area contributed by atoms with E-state index in [4.69, 9.17) is 23.2 Å². The number of carbonyl (C=O) groups is 2. The number of carbonyl (C=O) groups excluding carboxylic acids is 2. The van der Waals surface area contributed by atoms with Crippen molar-refractivity contribution in [3.8, 4) is 0 Å². The molecule has 10 heteroatoms. The average molecular weight is 619 g/mol. The number of aryl methyl sites for hydroxylation is 2. The molecule has 3 aromatic rings. The number of benzene rings is 3. The van der Waals surface area contributed by atoms with E-state index in [1.807, 2.05) is 33.8 Å². The molecule has 0 fully saturated rings. The molecule has 41 heavy (non-hydrogen) atoms. The lowest BCUT2D eigenvalue weighted by Gasteiger charge is -2.35. The first-order chi connectivity index (χ1) is 19.2. The van der Waals surface area contributed by atoms with Gasteiger partial charge in [0, 0.05) is 27.7 Å². The number of hydrogen-bond acceptors (Lipinski definition) is 4. The van der Waals surface area contributed by atoms with Crippen LogP contribution >= 0.6 is 23.2 Å². The topological polar surface area (TPSA) is 86.8 Å². The first-order valence-electron chi connectivity index (χ1n) is 13.3. The Morgan fingerprint density at radius 1 is 0.927 bits per heavy atom. The van der Waals surface area contributed by atoms with Crippen LogP contribution in [-0.2, 0) is 26.2 Å². The van der Waals surface area contributed by atoms with Crippen LogP contribution in [0.25, 0.3) is 0 Å². The zero-order valence-corrected chi connectivity index (χ0v) is 26.6. The van der Waals surface area contributed by atoms with E-state index in [-0.39, 0.29) is 23.8 Å². The average Bonchev–Trinajstić information content (AvgIpc) is 2.88. The van der Waals surface area contributed by atoms with Gasteiger partial charge in [-0.1, -0.05) is 72.1 Å². The van der Waals surface area contributed by atoms with Crippen LogP contribution in [0.5, 0.6) is 0 Å². The number of amides is 2. The molecular formula is C31H37Cl2N3O4S. The maximum absolute atomic E-state index is 14.2. The summed E-state index contributed by atoms with van der Waals surface area (Å²) in [5.41, 5.74) is 1.93. The minimum absolute atomic E-state index is 0.0472. The second-order valence-corrected chi connectivity index (χ2v) is 13.7. The standard InChI is InChI=1S/C31H37Cl2N3O4S/c1-7-27(30(38)34-31(4,5)6)35(19-24-25(32)14-11-15-26(24)33)29(37)20-36(28-17-16-21(2)18-22(28)3)41(39,40)23-12-9-8-10-13-23/h8-18,27H,7,19-20H2,1-6H3,(H,34,38). The van der Waals surface area contributed by atoms with Gasteiger partial charge in [-0.15, -0.1) is 0 Å². The van der Waals surface area contributed by atoms with Crippen molar-refractivity contribution in [2.24, 2.45) is 0 Å². The number of nitrogens with one attached hydrogen (secondary N) is 1. The summed E-state index contributed by atoms with van der Waals surface area (Å²) in [5, 5.41) is 3.62. The van der Waals surface area contributed by atoms with E-state index in [2.05, 4.69) is 5.32 Å². The molecule has 0 heterocycles. The number of hydrogen-bond donors (Lipinski definition) is 1. The van der Waals surface area contributed by atoms with Crippen molar-refractivity contribution >= 4 is 50.7 Å². The minimum atomic E-state index is -4.16. The van der Waals surface area contributed by atoms with Crippen LogP contribution < -0.4 is 9.62 Å². The molecule has 0 radical (unpaired) electrons. The summed E-state index contributed by atoms with van der Waals surface area (Å²) in [6.07, 6.45) is 0.282. The zero-order valence-electron chi connectivity index (χ0n) is 24.2. The summed E-state index contributed by atoms with van der Waals surface area (Å²) in [5.74, 6) is -0.933. The SMILES string of the molecule is CCC(C(=O)NC(C)(C)C)N(Cc1c(Cl)cccc1Cl)C(=O)CN(c1ccc(C)cc1C)S(=O)(=O)c1ccccc1. The van der Waals surface area contributed by atoms with Crippen molar-refractivity contribution in [3.63, 3.8) is 0 Å². The maximum Gasteiger partial charge on any atom is 0.264 e. The second-order valence-electron chi connectivity index (χ2n) is 11.0. The number of anilines is 1. The van der Waals surface area contributed by atoms with Gasteiger partial charge in [-0.05, 0) is 76.9 Å². The Hall–Kier alpha value is -3.07. The zero-order chi connectivity index (χ0) is 30.5. The fraction of sp³-hybridized carbons (Fsp3) is 0.355. The Morgan fingerprint density at radius 3 is 2.07 bits per heavy atom. The van der Waals surface area contributed by atoms with Crippen LogP contribution in [0.15, 0.2) is 71.6 Å². The predicted octanol–water partition coefficient (Wildman–Crippen LogP) is 6.53. The quantitative estimate of drug-likeness (QED) is 0.280. The highest BCUT2D eigenvalue weighted by molar-refractivity contribution is 7.92. The predicted molar refractivity (Wildman–Crippen MR) is 166 cm³/mol. The van der Waals surface area contributed by atoms with Crippen molar-refractivity contribution in [3.05, 3.63) is 93.5 Å². The molecule has 0 saturated heterocycles. The normalized spacial score (nSPS) is 12.5. The van der Waals surface area contributed by atoms with Gasteiger partial charge in [0.2, 0.25) is 11.8 Å². The van der Waals surface area contributed by atoms with Gasteiger partial charge in [0.15, 0.2) is 0 Å². The summed E-state index contributed by atoms with van der Waals surface area (Å²) in [4.78, 5) is 29.1. The highest BCUT2D eigenvalue weighted by atomic mass is 35.5. The summed E-state index contributed by atoms with van der Waals surface area (Å²) >= 11 is 12.9. The fourth-order valence-corrected chi connectivity index (χ4v) is 6.56. The molecule has 0 aromatic heterocycles. The molecule has 0 saturated carbocycles. The molecule has 0 aliphatic heterocycles. The molecule has 7 nitrogen and oxygen atoms in total. The van der Waals surface area contributed by atoms with Crippen molar-refractivity contribution in [1.29, 1.82) is 0 Å². The lowest BCUT2D eigenvalue weighted by molar-refractivity contribution is -0.141. The minimum Gasteiger partial charge on any atom is -0.350 e. The lowest BCUT2D eigenvalue weighted by atomic mass is 10.1. The largest absolute Gasteiger partial charge is 0.350 e. The smallest absolute Gasteiger partial charge is 0.264 e. The Bertz CT molecular complexity index is 1490. The molecule has 220 valence electrons. The van der Waals surface area contributed by atoms with Crippen LogP contribution in [0.1, 0.15) is 50.8 Å². The van der Waals surface area contributed by atoms with E-state index in [1.54, 1.807) is 62.4 Å². The van der Waals surface area contributed by atoms with Crippen LogP contribution in [0, 0.1) is 13.8 Å². The van der Waals surface area contributed by atoms with Crippen molar-refractivity contribution in [1.82, 2.24) is 10.2 Å². The van der Waals surface area contributed by atoms with Gasteiger partial charge in [0.25, 0.3) is 10.0 Å². The van der Waals surface area contributed by atoms with Gasteiger partial charge in [-0.2, -0.15) is 0 Å². The third-order valence-corrected chi connectivity index (χ3v) is 8.99. The molecule has 1 N–H and O–H groups in total. The Kier molecular flexibility index (Phi) is 10.5. The van der Waals surface area contributed by atoms with E-state index < -0.39 is 34.1 Å². The molecule has 1 atom stereocenters. The van der Waals surface area contributed by atoms with E-state index in [0.717, 1.165) is 9.87 Å². The van der Waals surface area contributed by atoms with Gasteiger partial charge < -0.3 is 10.2 Å². The Morgan fingerprint density at radius 2 is 1.54 bits per heavy atom. The summed E-state index contributed by atoms with van der Waals surface area (Å²) in [6, 6.07) is 17.4. The van der Waals surface area contributed by atoms with Crippen LogP contribution in [-0.4, -0.2) is 43.3 Å². The first kappa shape index (κ1) is 32.4. The maximum atomic E-state index is 14.2. The Balaban J connectivity index is 2.14. The molecule has 1 unspecified atom stereocenters. The lowest BCUT2D eigenvalue weighted by Crippen LogP contribution is -2.55. The summed E-state index contributed by atoms with van der Waals surface area (Å²) < 4.78 is 29.1. The number of halogens is 2. The number of rotatable bonds is 10. The third kappa shape index (κ3) is 8.03. The Labute approximate surface area is 253 Å². The van der Waals surface area contributed by atoms with Crippen LogP contribution in [0.2, 0.25) is 10.0 Å². The third-order valence-electron chi connectivity index (χ3n) is 6.51. The van der Waals surface area contributed by atoms with Gasteiger partial charge in [0.1, 0.15) is 12.6 Å². The molecule has 0 aliphatic rings. The molecule has 3 aromatic carbocycles. The van der Waals surface area contributed by atoms with Gasteiger partial charge >= 0.3 is 0 Å². The van der Waals surface area contributed by atoms with Gasteiger partial charge in [0.05, 0.1) is 10.6 Å². The van der Waals surface area contributed by atoms with E-state index in [9.17, 15) is 18.0 Å². The number of nitrogens with zero attached hydrogens (tertiary/aromatic N) is 2. The molecule has 0 bridgehead atoms. The summed E-state index contributed by atoms with van der Waals surface area (Å²) in [7, 11) is -4.16. The second kappa shape index (κ2) is 13.3. The first-order valence-corrected chi connectivity index (χ1v) is 15.5. The van der Waals surface area contributed by atoms with Crippen molar-refractivity contribution in [2.75, 3.05) is 10.8 Å². The van der Waals surface area contributed by atoms with E-state index in [0.29, 0.717) is 26.9 Å².